The lowest BCUT2D eigenvalue weighted by atomic mass is 10.1. The first kappa shape index (κ1) is 65.8. The topological polar surface area (TPSA) is 194 Å². The van der Waals surface area contributed by atoms with Crippen molar-refractivity contribution in [1.82, 2.24) is 24.9 Å². The Balaban J connectivity index is 0.613. The van der Waals surface area contributed by atoms with Crippen molar-refractivity contribution in [3.8, 4) is 91.3 Å². The molecule has 0 radical (unpaired) electrons. The van der Waals surface area contributed by atoms with Crippen molar-refractivity contribution in [2.24, 2.45) is 0 Å². The number of hydrogen-bond donors (Lipinski definition) is 0. The maximum Gasteiger partial charge on any atom is 0.137 e. The van der Waals surface area contributed by atoms with Gasteiger partial charge in [0, 0.05) is 21.9 Å². The molecule has 0 aliphatic carbocycles. The normalized spacial score (nSPS) is 15.7. The van der Waals surface area contributed by atoms with Crippen LogP contribution in [0.1, 0.15) is 12.8 Å². The second-order valence-corrected chi connectivity index (χ2v) is 21.3. The predicted molar refractivity (Wildman–Crippen MR) is 359 cm³/mol. The molecule has 0 unspecified atom stereocenters. The van der Waals surface area contributed by atoms with Crippen molar-refractivity contribution in [2.75, 3.05) is 132 Å². The molecular weight excluding hydrogens is 1190 g/mol. The maximum atomic E-state index is 5.98. The van der Waals surface area contributed by atoms with Gasteiger partial charge >= 0.3 is 0 Å². The summed E-state index contributed by atoms with van der Waals surface area (Å²) in [6, 6.07) is 56.7. The van der Waals surface area contributed by atoms with Crippen LogP contribution >= 0.6 is 0 Å². The second-order valence-electron chi connectivity index (χ2n) is 21.3. The van der Waals surface area contributed by atoms with Crippen molar-refractivity contribution in [2.45, 2.75) is 12.8 Å². The molecule has 0 spiro atoms. The molecule has 94 heavy (non-hydrogen) atoms. The summed E-state index contributed by atoms with van der Waals surface area (Å²) in [6.45, 7) is 8.67. The van der Waals surface area contributed by atoms with Gasteiger partial charge in [-0.3, -0.25) is 9.97 Å². The molecule has 0 atom stereocenters. The largest absolute Gasteiger partial charge is 0.493 e. The van der Waals surface area contributed by atoms with Gasteiger partial charge in [-0.05, 0) is 158 Å². The van der Waals surface area contributed by atoms with Gasteiger partial charge in [-0.2, -0.15) is 0 Å². The molecular formula is C75H77N5O14. The number of ether oxygens (including phenoxy) is 14. The van der Waals surface area contributed by atoms with Gasteiger partial charge in [0.25, 0.3) is 0 Å². The van der Waals surface area contributed by atoms with Gasteiger partial charge in [-0.25, -0.2) is 15.0 Å². The van der Waals surface area contributed by atoms with E-state index in [9.17, 15) is 0 Å². The SMILES string of the molecule is C1=CCCOc2ccc(nc2)-c2cccc(n2)-c2ccc(cn2)OCCOCCOCCOc2ccc(cc2)OCCOCCOCCOc2ccc(cc2)-c2ccc3ccc4ccc(nc4c3n2)-c2ccc(cc2)OCCOCCOCCOc2ccc(cc2)OCC1. The van der Waals surface area contributed by atoms with E-state index in [1.807, 2.05) is 152 Å². The Morgan fingerprint density at radius 1 is 0.213 bits per heavy atom. The molecule has 0 saturated heterocycles. The molecule has 486 valence electrons. The number of fused-ring (bicyclic) bond motifs is 4. The van der Waals surface area contributed by atoms with Gasteiger partial charge in [-0.1, -0.05) is 42.5 Å². The van der Waals surface area contributed by atoms with Crippen LogP contribution in [0.15, 0.2) is 200 Å². The molecule has 13 heterocycles. The summed E-state index contributed by atoms with van der Waals surface area (Å²) >= 11 is 0. The van der Waals surface area contributed by atoms with Gasteiger partial charge in [0.05, 0.1) is 150 Å². The summed E-state index contributed by atoms with van der Waals surface area (Å²) in [7, 11) is 0. The van der Waals surface area contributed by atoms with E-state index in [-0.39, 0.29) is 0 Å². The Kier molecular flexibility index (Phi) is 25.5. The van der Waals surface area contributed by atoms with Crippen molar-refractivity contribution < 1.29 is 66.3 Å². The van der Waals surface area contributed by atoms with Crippen molar-refractivity contribution >= 4 is 21.8 Å². The van der Waals surface area contributed by atoms with Crippen molar-refractivity contribution in [3.63, 3.8) is 0 Å². The molecule has 19 nitrogen and oxygen atoms in total. The Bertz CT molecular complexity index is 3880. The first-order valence-corrected chi connectivity index (χ1v) is 31.8. The fourth-order valence-corrected chi connectivity index (χ4v) is 9.75. The zero-order valence-corrected chi connectivity index (χ0v) is 52.6. The van der Waals surface area contributed by atoms with Gasteiger partial charge in [0.15, 0.2) is 0 Å². The Hall–Kier alpha value is -9.73. The molecule has 5 aromatic carbocycles. The van der Waals surface area contributed by atoms with E-state index in [4.69, 9.17) is 81.3 Å². The molecule has 8 aliphatic heterocycles. The number of nitrogens with zero attached hydrogens (tertiary/aromatic N) is 5. The Labute approximate surface area is 547 Å². The molecule has 0 fully saturated rings. The summed E-state index contributed by atoms with van der Waals surface area (Å²) in [5, 5.41) is 2.02. The average molecular weight is 1270 g/mol. The van der Waals surface area contributed by atoms with Gasteiger partial charge in [0.2, 0.25) is 0 Å². The number of pyridine rings is 5. The molecule has 10 aromatic rings. The molecule has 18 bridgehead atoms. The Morgan fingerprint density at radius 3 is 0.809 bits per heavy atom. The van der Waals surface area contributed by atoms with Gasteiger partial charge < -0.3 is 66.3 Å². The highest BCUT2D eigenvalue weighted by atomic mass is 16.6. The maximum absolute atomic E-state index is 5.98. The molecule has 0 amide bonds. The smallest absolute Gasteiger partial charge is 0.137 e. The van der Waals surface area contributed by atoms with Crippen LogP contribution in [0.5, 0.6) is 46.0 Å². The number of rotatable bonds is 0. The van der Waals surface area contributed by atoms with Crippen molar-refractivity contribution in [3.05, 3.63) is 200 Å². The lowest BCUT2D eigenvalue weighted by Gasteiger charge is -2.11. The minimum absolute atomic E-state index is 0.370. The first-order valence-electron chi connectivity index (χ1n) is 31.8. The quantitative estimate of drug-likeness (QED) is 0.103. The highest BCUT2D eigenvalue weighted by molar-refractivity contribution is 6.04. The lowest BCUT2D eigenvalue weighted by molar-refractivity contribution is 0.0270. The van der Waals surface area contributed by atoms with E-state index >= 15 is 0 Å². The fraction of sp³-hybridized carbons (Fsp3) is 0.293. The van der Waals surface area contributed by atoms with Crippen molar-refractivity contribution in [1.29, 1.82) is 0 Å². The third-order valence-electron chi connectivity index (χ3n) is 14.6. The molecule has 0 N–H and O–H groups in total. The van der Waals surface area contributed by atoms with Crippen LogP contribution in [0.3, 0.4) is 0 Å². The van der Waals surface area contributed by atoms with Crippen LogP contribution in [-0.4, -0.2) is 157 Å². The summed E-state index contributed by atoms with van der Waals surface area (Å²) in [4.78, 5) is 24.3. The fourth-order valence-electron chi connectivity index (χ4n) is 9.75. The minimum atomic E-state index is 0.370. The van der Waals surface area contributed by atoms with Crippen LogP contribution in [0.4, 0.5) is 0 Å². The zero-order valence-electron chi connectivity index (χ0n) is 52.6. The van der Waals surface area contributed by atoms with E-state index < -0.39 is 0 Å². The summed E-state index contributed by atoms with van der Waals surface area (Å²) in [5.74, 6) is 5.78. The van der Waals surface area contributed by atoms with Crippen LogP contribution in [0, 0.1) is 0 Å². The third-order valence-corrected chi connectivity index (χ3v) is 14.6. The summed E-state index contributed by atoms with van der Waals surface area (Å²) in [6.07, 6.45) is 9.11. The molecule has 5 aromatic heterocycles. The average Bonchev–Trinajstić information content (AvgIpc) is 0.810. The van der Waals surface area contributed by atoms with Crippen LogP contribution in [0.2, 0.25) is 0 Å². The lowest BCUT2D eigenvalue weighted by Crippen LogP contribution is -2.13. The van der Waals surface area contributed by atoms with Gasteiger partial charge in [0.1, 0.15) is 85.6 Å². The van der Waals surface area contributed by atoms with Gasteiger partial charge in [-0.15, -0.1) is 0 Å². The second kappa shape index (κ2) is 36.5. The predicted octanol–water partition coefficient (Wildman–Crippen LogP) is 13.2. The zero-order chi connectivity index (χ0) is 63.9. The van der Waals surface area contributed by atoms with E-state index in [0.717, 1.165) is 109 Å². The van der Waals surface area contributed by atoms with Crippen LogP contribution in [-0.2, 0) is 28.4 Å². The van der Waals surface area contributed by atoms with E-state index in [1.165, 1.54) is 0 Å². The number of benzene rings is 5. The monoisotopic (exact) mass is 1270 g/mol. The standard InChI is InChI=1S/C75H77N5O14/c1-2-4-35-88-66-28-32-70(76-54-66)72-6-5-7-73(78-72)71-33-29-67(55-77-71)94-53-47-86-41-40-85-46-52-93-65-26-24-64(25-27-65)92-51-45-84-39-37-82-43-49-90-61-18-12-57(13-19-61)69-31-15-59-9-8-58-14-30-68(79-74(58)75(59)80-69)56-10-16-60(17-11-56)89-48-42-81-36-38-83-44-50-91-63-22-20-62(21-23-63)87-34-3-1/h1-2,5-33,54-55H,3-4,34-53H2. The summed E-state index contributed by atoms with van der Waals surface area (Å²) < 4.78 is 81.6. The Morgan fingerprint density at radius 2 is 0.479 bits per heavy atom. The highest BCUT2D eigenvalue weighted by Gasteiger charge is 2.12. The molecule has 19 heteroatoms. The van der Waals surface area contributed by atoms with E-state index in [1.54, 1.807) is 12.4 Å². The number of aromatic nitrogens is 5. The summed E-state index contributed by atoms with van der Waals surface area (Å²) in [5.41, 5.74) is 8.20. The third kappa shape index (κ3) is 20.9. The molecule has 18 rings (SSSR count). The number of hydrogen-bond acceptors (Lipinski definition) is 19. The van der Waals surface area contributed by atoms with Crippen LogP contribution in [0.25, 0.3) is 67.1 Å². The van der Waals surface area contributed by atoms with E-state index in [0.29, 0.717) is 149 Å². The highest BCUT2D eigenvalue weighted by Crippen LogP contribution is 2.31. The molecule has 8 aliphatic rings. The van der Waals surface area contributed by atoms with Crippen LogP contribution < -0.4 is 37.9 Å². The van der Waals surface area contributed by atoms with E-state index in [2.05, 4.69) is 46.4 Å². The molecule has 0 saturated carbocycles. The minimum Gasteiger partial charge on any atom is -0.493 e. The first-order chi connectivity index (χ1) is 46.6.